The Balaban J connectivity index is 0.000000127. The van der Waals surface area contributed by atoms with Crippen molar-refractivity contribution in [2.24, 2.45) is 17.6 Å². The number of carboxylic acids is 1. The van der Waals surface area contributed by atoms with Gasteiger partial charge >= 0.3 is 12.1 Å². The van der Waals surface area contributed by atoms with Crippen molar-refractivity contribution < 1.29 is 27.8 Å². The van der Waals surface area contributed by atoms with E-state index < -0.39 is 12.1 Å². The molecule has 3 N–H and O–H groups in total. The van der Waals surface area contributed by atoms with Crippen molar-refractivity contribution in [3.05, 3.63) is 0 Å². The van der Waals surface area contributed by atoms with E-state index in [1.807, 2.05) is 0 Å². The van der Waals surface area contributed by atoms with Gasteiger partial charge in [0.15, 0.2) is 0 Å². The average Bonchev–Trinajstić information content (AvgIpc) is 2.76. The minimum absolute atomic E-state index is 0.374. The van der Waals surface area contributed by atoms with Gasteiger partial charge in [0, 0.05) is 6.04 Å². The van der Waals surface area contributed by atoms with E-state index in [2.05, 4.69) is 0 Å². The van der Waals surface area contributed by atoms with Crippen LogP contribution in [0.5, 0.6) is 0 Å². The van der Waals surface area contributed by atoms with E-state index in [1.54, 1.807) is 0 Å². The van der Waals surface area contributed by atoms with Crippen LogP contribution in [0.1, 0.15) is 12.8 Å². The second-order valence-electron chi connectivity index (χ2n) is 4.41. The zero-order chi connectivity index (χ0) is 12.1. The van der Waals surface area contributed by atoms with Gasteiger partial charge in [-0.15, -0.1) is 0 Å². The third-order valence-electron chi connectivity index (χ3n) is 3.29. The molecule has 3 aliphatic rings. The molecule has 1 saturated carbocycles. The topological polar surface area (TPSA) is 72.5 Å². The summed E-state index contributed by atoms with van der Waals surface area (Å²) >= 11 is 0. The summed E-state index contributed by atoms with van der Waals surface area (Å²) < 4.78 is 37.4. The van der Waals surface area contributed by atoms with Crippen LogP contribution in [0, 0.1) is 11.8 Å². The molecule has 0 aromatic heterocycles. The Labute approximate surface area is 89.6 Å². The van der Waals surface area contributed by atoms with Gasteiger partial charge in [-0.3, -0.25) is 0 Å². The third kappa shape index (κ3) is 2.01. The molecular formula is C9H12F3NO3. The number of hydrogen-bond donors (Lipinski definition) is 2. The van der Waals surface area contributed by atoms with Gasteiger partial charge in [-0.05, 0) is 24.7 Å². The Morgan fingerprint density at radius 2 is 1.88 bits per heavy atom. The molecule has 1 aliphatic carbocycles. The first-order valence-electron chi connectivity index (χ1n) is 5.02. The monoisotopic (exact) mass is 239 g/mol. The number of carboxylic acid groups (broad SMARTS) is 1. The second-order valence-corrected chi connectivity index (χ2v) is 4.41. The molecule has 16 heavy (non-hydrogen) atoms. The van der Waals surface area contributed by atoms with Crippen molar-refractivity contribution in [3.63, 3.8) is 0 Å². The highest BCUT2D eigenvalue weighted by atomic mass is 19.4. The minimum atomic E-state index is -5.08. The maximum absolute atomic E-state index is 10.6. The minimum Gasteiger partial charge on any atom is -0.475 e. The van der Waals surface area contributed by atoms with Crippen LogP contribution in [0.15, 0.2) is 0 Å². The van der Waals surface area contributed by atoms with Crippen LogP contribution in [-0.2, 0) is 9.53 Å². The molecule has 0 aromatic carbocycles. The van der Waals surface area contributed by atoms with E-state index in [4.69, 9.17) is 20.4 Å². The molecule has 0 aromatic rings. The van der Waals surface area contributed by atoms with Crippen LogP contribution in [0.25, 0.3) is 0 Å². The molecule has 7 heteroatoms. The fourth-order valence-corrected chi connectivity index (χ4v) is 2.50. The maximum Gasteiger partial charge on any atom is 0.490 e. The van der Waals surface area contributed by atoms with E-state index in [0.717, 1.165) is 18.3 Å². The summed E-state index contributed by atoms with van der Waals surface area (Å²) in [5, 5.41) is 7.12. The normalized spacial score (nSPS) is 43.4. The van der Waals surface area contributed by atoms with E-state index >= 15 is 0 Å². The Morgan fingerprint density at radius 3 is 2.19 bits per heavy atom. The molecule has 3 rings (SSSR count). The number of rotatable bonds is 0. The zero-order valence-electron chi connectivity index (χ0n) is 8.28. The van der Waals surface area contributed by atoms with E-state index in [-0.39, 0.29) is 0 Å². The van der Waals surface area contributed by atoms with Crippen LogP contribution < -0.4 is 5.73 Å². The molecule has 0 radical (unpaired) electrons. The molecule has 5 atom stereocenters. The standard InChI is InChI=1S/C7H11NO.C2HF3O2/c8-5-2-6-3-1-4(3)7(5)9-6;3-2(4,5)1(6)7/h3-7H,1-2,8H2;(H,6,7). The van der Waals surface area contributed by atoms with Crippen LogP contribution in [0.4, 0.5) is 13.2 Å². The van der Waals surface area contributed by atoms with Gasteiger partial charge in [-0.25, -0.2) is 4.79 Å². The van der Waals surface area contributed by atoms with Crippen molar-refractivity contribution >= 4 is 5.97 Å². The summed E-state index contributed by atoms with van der Waals surface area (Å²) in [6.45, 7) is 0. The van der Waals surface area contributed by atoms with Crippen molar-refractivity contribution in [2.45, 2.75) is 37.3 Å². The first-order chi connectivity index (χ1) is 7.30. The fourth-order valence-electron chi connectivity index (χ4n) is 2.50. The van der Waals surface area contributed by atoms with E-state index in [1.165, 1.54) is 6.42 Å². The quantitative estimate of drug-likeness (QED) is 0.654. The molecule has 92 valence electrons. The molecule has 2 bridgehead atoms. The Hall–Kier alpha value is -0.820. The number of ether oxygens (including phenoxy) is 1. The Bertz CT molecular complexity index is 303. The summed E-state index contributed by atoms with van der Waals surface area (Å²) in [5.41, 5.74) is 5.81. The summed E-state index contributed by atoms with van der Waals surface area (Å²) in [6, 6.07) is 0.374. The molecule has 2 aliphatic heterocycles. The number of halogens is 3. The molecule has 2 heterocycles. The summed E-state index contributed by atoms with van der Waals surface area (Å²) in [4.78, 5) is 8.90. The Morgan fingerprint density at radius 1 is 1.31 bits per heavy atom. The molecule has 3 fully saturated rings. The SMILES string of the molecule is NC1CC2OC1C1CC21.O=C(O)C(F)(F)F. The van der Waals surface area contributed by atoms with Crippen molar-refractivity contribution in [2.75, 3.05) is 0 Å². The van der Waals surface area contributed by atoms with Gasteiger partial charge in [0.1, 0.15) is 0 Å². The number of fused-ring (bicyclic) bond motifs is 5. The molecule has 0 amide bonds. The number of alkyl halides is 3. The predicted octanol–water partition coefficient (Wildman–Crippen LogP) is 0.754. The highest BCUT2D eigenvalue weighted by Crippen LogP contribution is 2.58. The summed E-state index contributed by atoms with van der Waals surface area (Å²) in [7, 11) is 0. The summed E-state index contributed by atoms with van der Waals surface area (Å²) in [5.74, 6) is -0.957. The molecule has 2 saturated heterocycles. The van der Waals surface area contributed by atoms with E-state index in [0.29, 0.717) is 18.2 Å². The van der Waals surface area contributed by atoms with Crippen LogP contribution in [-0.4, -0.2) is 35.5 Å². The molecule has 5 unspecified atom stereocenters. The lowest BCUT2D eigenvalue weighted by molar-refractivity contribution is -0.192. The van der Waals surface area contributed by atoms with Crippen molar-refractivity contribution in [3.8, 4) is 0 Å². The fraction of sp³-hybridized carbons (Fsp3) is 0.889. The number of nitrogens with two attached hydrogens (primary N) is 1. The van der Waals surface area contributed by atoms with Crippen LogP contribution >= 0.6 is 0 Å². The van der Waals surface area contributed by atoms with Gasteiger partial charge in [0.2, 0.25) is 0 Å². The smallest absolute Gasteiger partial charge is 0.475 e. The van der Waals surface area contributed by atoms with Gasteiger partial charge in [0.05, 0.1) is 12.2 Å². The van der Waals surface area contributed by atoms with Crippen LogP contribution in [0.2, 0.25) is 0 Å². The number of hydrogen-bond acceptors (Lipinski definition) is 3. The predicted molar refractivity (Wildman–Crippen MR) is 46.5 cm³/mol. The molecule has 0 spiro atoms. The highest BCUT2D eigenvalue weighted by Gasteiger charge is 2.61. The molecular weight excluding hydrogens is 227 g/mol. The lowest BCUT2D eigenvalue weighted by atomic mass is 9.97. The lowest BCUT2D eigenvalue weighted by Gasteiger charge is -2.11. The lowest BCUT2D eigenvalue weighted by Crippen LogP contribution is -2.32. The third-order valence-corrected chi connectivity index (χ3v) is 3.29. The number of carbonyl (C=O) groups is 1. The maximum atomic E-state index is 10.6. The first-order valence-corrected chi connectivity index (χ1v) is 5.02. The molecule has 4 nitrogen and oxygen atoms in total. The number of aliphatic carboxylic acids is 1. The zero-order valence-corrected chi connectivity index (χ0v) is 8.28. The summed E-state index contributed by atoms with van der Waals surface area (Å²) in [6.07, 6.45) is -1.52. The van der Waals surface area contributed by atoms with Gasteiger partial charge in [0.25, 0.3) is 0 Å². The van der Waals surface area contributed by atoms with Gasteiger partial charge in [-0.2, -0.15) is 13.2 Å². The highest BCUT2D eigenvalue weighted by molar-refractivity contribution is 5.73. The van der Waals surface area contributed by atoms with Gasteiger partial charge in [-0.1, -0.05) is 0 Å². The Kier molecular flexibility index (Phi) is 2.62. The second kappa shape index (κ2) is 3.59. The largest absolute Gasteiger partial charge is 0.490 e. The van der Waals surface area contributed by atoms with Crippen molar-refractivity contribution in [1.82, 2.24) is 0 Å². The first kappa shape index (κ1) is 11.7. The van der Waals surface area contributed by atoms with Crippen molar-refractivity contribution in [1.29, 1.82) is 0 Å². The van der Waals surface area contributed by atoms with Gasteiger partial charge < -0.3 is 15.6 Å². The van der Waals surface area contributed by atoms with Crippen LogP contribution in [0.3, 0.4) is 0 Å². The van der Waals surface area contributed by atoms with E-state index in [9.17, 15) is 13.2 Å². The average molecular weight is 239 g/mol.